The van der Waals surface area contributed by atoms with Crippen molar-refractivity contribution in [3.63, 3.8) is 0 Å². The molecule has 1 amide bonds. The van der Waals surface area contributed by atoms with Crippen LogP contribution < -0.4 is 4.72 Å². The van der Waals surface area contributed by atoms with Gasteiger partial charge in [-0.05, 0) is 47.4 Å². The third-order valence-corrected chi connectivity index (χ3v) is 6.22. The van der Waals surface area contributed by atoms with Crippen LogP contribution in [0.4, 0.5) is 0 Å². The van der Waals surface area contributed by atoms with Crippen molar-refractivity contribution >= 4 is 27.3 Å². The van der Waals surface area contributed by atoms with E-state index in [9.17, 15) is 13.2 Å². The lowest BCUT2D eigenvalue weighted by Gasteiger charge is -2.24. The summed E-state index contributed by atoms with van der Waals surface area (Å²) in [5.74, 6) is -0.0161. The molecule has 3 heterocycles. The molecule has 0 spiro atoms. The van der Waals surface area contributed by atoms with Gasteiger partial charge in [0.25, 0.3) is 0 Å². The molecule has 8 heteroatoms. The molecule has 24 heavy (non-hydrogen) atoms. The summed E-state index contributed by atoms with van der Waals surface area (Å²) in [5, 5.41) is 4.08. The number of nitrogens with zero attached hydrogens (tertiary/aromatic N) is 2. The molecular weight excluding hydrogens is 346 g/mol. The van der Waals surface area contributed by atoms with Crippen LogP contribution >= 0.6 is 11.3 Å². The van der Waals surface area contributed by atoms with Crippen LogP contribution in [0.25, 0.3) is 0 Å². The zero-order valence-electron chi connectivity index (χ0n) is 13.1. The van der Waals surface area contributed by atoms with Crippen LogP contribution in [0.1, 0.15) is 30.9 Å². The van der Waals surface area contributed by atoms with Crippen molar-refractivity contribution in [2.24, 2.45) is 0 Å². The summed E-state index contributed by atoms with van der Waals surface area (Å²) in [6.45, 7) is 0.817. The molecular formula is C16H19N3O3S2. The maximum absolute atomic E-state index is 12.5. The summed E-state index contributed by atoms with van der Waals surface area (Å²) in [6.07, 6.45) is 4.90. The van der Waals surface area contributed by atoms with E-state index in [1.165, 1.54) is 24.0 Å². The average Bonchev–Trinajstić information content (AvgIpc) is 3.26. The van der Waals surface area contributed by atoms with E-state index in [2.05, 4.69) is 15.1 Å². The minimum absolute atomic E-state index is 0.0161. The Balaban J connectivity index is 1.56. The van der Waals surface area contributed by atoms with Gasteiger partial charge in [-0.3, -0.25) is 9.78 Å². The summed E-state index contributed by atoms with van der Waals surface area (Å²) in [6, 6.07) is 5.21. The number of likely N-dealkylation sites (tertiary alicyclic amines) is 1. The molecule has 1 aliphatic heterocycles. The third-order valence-electron chi connectivity index (χ3n) is 4.08. The number of thiophene rings is 1. The summed E-state index contributed by atoms with van der Waals surface area (Å²) in [4.78, 5) is 18.2. The predicted octanol–water partition coefficient (Wildman–Crippen LogP) is 2.18. The highest BCUT2D eigenvalue weighted by Gasteiger charge is 2.29. The summed E-state index contributed by atoms with van der Waals surface area (Å²) < 4.78 is 26.7. The standard InChI is InChI=1S/C16H19N3O3S2/c20-16(19-9-2-4-15(19)13-6-10-23-12-13)5-8-18-24(21,22)14-3-1-7-17-11-14/h1,3,6-7,10-12,15,18H,2,4-5,8-9H2/t15-/m0/s1. The molecule has 0 aliphatic carbocycles. The molecule has 0 saturated carbocycles. The van der Waals surface area contributed by atoms with Crippen LogP contribution in [-0.4, -0.2) is 37.3 Å². The van der Waals surface area contributed by atoms with Gasteiger partial charge in [-0.15, -0.1) is 0 Å². The molecule has 1 fully saturated rings. The monoisotopic (exact) mass is 365 g/mol. The smallest absolute Gasteiger partial charge is 0.242 e. The van der Waals surface area contributed by atoms with Crippen molar-refractivity contribution in [3.8, 4) is 0 Å². The fourth-order valence-corrected chi connectivity index (χ4v) is 4.60. The maximum Gasteiger partial charge on any atom is 0.242 e. The highest BCUT2D eigenvalue weighted by Crippen LogP contribution is 2.33. The van der Waals surface area contributed by atoms with Gasteiger partial charge in [-0.25, -0.2) is 13.1 Å². The van der Waals surface area contributed by atoms with E-state index in [-0.39, 0.29) is 29.8 Å². The van der Waals surface area contributed by atoms with Crippen LogP contribution in [0.15, 0.2) is 46.2 Å². The Bertz CT molecular complexity index is 776. The fraction of sp³-hybridized carbons (Fsp3) is 0.375. The molecule has 3 rings (SSSR count). The molecule has 1 atom stereocenters. The number of carbonyl (C=O) groups excluding carboxylic acids is 1. The van der Waals surface area contributed by atoms with Gasteiger partial charge in [0.2, 0.25) is 15.9 Å². The number of hydrogen-bond acceptors (Lipinski definition) is 5. The summed E-state index contributed by atoms with van der Waals surface area (Å²) in [7, 11) is -3.62. The molecule has 2 aromatic rings. The highest BCUT2D eigenvalue weighted by molar-refractivity contribution is 7.89. The van der Waals surface area contributed by atoms with Crippen molar-refractivity contribution in [1.82, 2.24) is 14.6 Å². The molecule has 2 aromatic heterocycles. The lowest BCUT2D eigenvalue weighted by atomic mass is 10.1. The van der Waals surface area contributed by atoms with E-state index >= 15 is 0 Å². The quantitative estimate of drug-likeness (QED) is 0.851. The Kier molecular flexibility index (Phi) is 5.27. The predicted molar refractivity (Wildman–Crippen MR) is 92.0 cm³/mol. The molecule has 128 valence electrons. The van der Waals surface area contributed by atoms with Crippen molar-refractivity contribution < 1.29 is 13.2 Å². The van der Waals surface area contributed by atoms with Gasteiger partial charge < -0.3 is 4.90 Å². The van der Waals surface area contributed by atoms with Gasteiger partial charge in [0.15, 0.2) is 0 Å². The summed E-state index contributed by atoms with van der Waals surface area (Å²) >= 11 is 1.62. The average molecular weight is 365 g/mol. The molecule has 1 aliphatic rings. The van der Waals surface area contributed by atoms with Crippen LogP contribution in [-0.2, 0) is 14.8 Å². The Hall–Kier alpha value is -1.77. The number of carbonyl (C=O) groups is 1. The number of rotatable bonds is 6. The number of hydrogen-bond donors (Lipinski definition) is 1. The molecule has 6 nitrogen and oxygen atoms in total. The van der Waals surface area contributed by atoms with Crippen LogP contribution in [0.2, 0.25) is 0 Å². The normalized spacial score (nSPS) is 18.0. The lowest BCUT2D eigenvalue weighted by Crippen LogP contribution is -2.34. The van der Waals surface area contributed by atoms with E-state index in [1.807, 2.05) is 16.3 Å². The van der Waals surface area contributed by atoms with Gasteiger partial charge in [-0.1, -0.05) is 0 Å². The van der Waals surface area contributed by atoms with Crippen LogP contribution in [0.3, 0.4) is 0 Å². The van der Waals surface area contributed by atoms with Gasteiger partial charge in [0, 0.05) is 31.9 Å². The zero-order valence-corrected chi connectivity index (χ0v) is 14.7. The van der Waals surface area contributed by atoms with Crippen molar-refractivity contribution in [1.29, 1.82) is 0 Å². The van der Waals surface area contributed by atoms with Crippen molar-refractivity contribution in [2.45, 2.75) is 30.2 Å². The molecule has 1 saturated heterocycles. The number of sulfonamides is 1. The SMILES string of the molecule is O=C(CCNS(=O)(=O)c1cccnc1)N1CCC[C@H]1c1ccsc1. The first kappa shape index (κ1) is 17.1. The number of amides is 1. The van der Waals surface area contributed by atoms with E-state index in [1.54, 1.807) is 17.4 Å². The van der Waals surface area contributed by atoms with E-state index in [0.717, 1.165) is 19.4 Å². The number of nitrogens with one attached hydrogen (secondary N) is 1. The largest absolute Gasteiger partial charge is 0.336 e. The van der Waals surface area contributed by atoms with E-state index in [4.69, 9.17) is 0 Å². The minimum atomic E-state index is -3.62. The van der Waals surface area contributed by atoms with Crippen LogP contribution in [0, 0.1) is 0 Å². The topological polar surface area (TPSA) is 79.4 Å². The van der Waals surface area contributed by atoms with Crippen molar-refractivity contribution in [3.05, 3.63) is 46.9 Å². The number of aromatic nitrogens is 1. The fourth-order valence-electron chi connectivity index (χ4n) is 2.90. The van der Waals surface area contributed by atoms with Gasteiger partial charge in [0.1, 0.15) is 4.90 Å². The Morgan fingerprint density at radius 2 is 2.29 bits per heavy atom. The lowest BCUT2D eigenvalue weighted by molar-refractivity contribution is -0.131. The molecule has 0 aromatic carbocycles. The van der Waals surface area contributed by atoms with Crippen LogP contribution in [0.5, 0.6) is 0 Å². The molecule has 0 unspecified atom stereocenters. The van der Waals surface area contributed by atoms with E-state index < -0.39 is 10.0 Å². The second-order valence-electron chi connectivity index (χ2n) is 5.64. The number of pyridine rings is 1. The molecule has 0 bridgehead atoms. The van der Waals surface area contributed by atoms with Gasteiger partial charge in [0.05, 0.1) is 6.04 Å². The second-order valence-corrected chi connectivity index (χ2v) is 8.19. The van der Waals surface area contributed by atoms with Crippen molar-refractivity contribution in [2.75, 3.05) is 13.1 Å². The van der Waals surface area contributed by atoms with E-state index in [0.29, 0.717) is 0 Å². The highest BCUT2D eigenvalue weighted by atomic mass is 32.2. The Morgan fingerprint density at radius 3 is 3.00 bits per heavy atom. The third kappa shape index (κ3) is 3.82. The molecule has 0 radical (unpaired) electrons. The van der Waals surface area contributed by atoms with Gasteiger partial charge >= 0.3 is 0 Å². The maximum atomic E-state index is 12.5. The second kappa shape index (κ2) is 7.42. The zero-order chi connectivity index (χ0) is 17.0. The van der Waals surface area contributed by atoms with Gasteiger partial charge in [-0.2, -0.15) is 11.3 Å². The first-order valence-corrected chi connectivity index (χ1v) is 10.2. The first-order chi connectivity index (χ1) is 11.6. The Morgan fingerprint density at radius 1 is 1.42 bits per heavy atom. The first-order valence-electron chi connectivity index (χ1n) is 7.79. The minimum Gasteiger partial charge on any atom is -0.336 e. The Labute approximate surface area is 145 Å². The molecule has 1 N–H and O–H groups in total. The summed E-state index contributed by atoms with van der Waals surface area (Å²) in [5.41, 5.74) is 1.17.